The molecule has 1 aromatic rings. The molecule has 4 nitrogen and oxygen atoms in total. The van der Waals surface area contributed by atoms with Crippen LogP contribution in [0, 0.1) is 0 Å². The lowest BCUT2D eigenvalue weighted by atomic mass is 10.0. The Morgan fingerprint density at radius 2 is 1.32 bits per heavy atom. The number of rotatable bonds is 3. The Bertz CT molecular complexity index is 627. The van der Waals surface area contributed by atoms with Gasteiger partial charge in [-0.05, 0) is 39.0 Å². The smallest absolute Gasteiger partial charge is 0.350 e. The third-order valence-corrected chi connectivity index (χ3v) is 2.77. The summed E-state index contributed by atoms with van der Waals surface area (Å²) < 4.78 is 76.4. The van der Waals surface area contributed by atoms with Gasteiger partial charge in [-0.1, -0.05) is 0 Å². The van der Waals surface area contributed by atoms with E-state index < -0.39 is 52.9 Å². The summed E-state index contributed by atoms with van der Waals surface area (Å²) in [5.41, 5.74) is -4.66. The molecule has 0 bridgehead atoms. The molecule has 10 heteroatoms. The van der Waals surface area contributed by atoms with E-state index >= 15 is 0 Å². The number of nitrogens with one attached hydrogen (secondary N) is 2. The van der Waals surface area contributed by atoms with E-state index in [1.807, 2.05) is 5.32 Å². The number of amides is 2. The number of carbonyl (C=O) groups is 2. The Balaban J connectivity index is 3.03. The van der Waals surface area contributed by atoms with E-state index in [2.05, 4.69) is 5.32 Å². The lowest BCUT2D eigenvalue weighted by Crippen LogP contribution is -2.45. The van der Waals surface area contributed by atoms with Crippen LogP contribution >= 0.6 is 0 Å². The SMILES string of the molecule is CC(C)(C)NC(=O)CNC(=O)c1cc(C(F)(F)F)cc(C(F)(F)F)c1. The Labute approximate surface area is 139 Å². The van der Waals surface area contributed by atoms with Gasteiger partial charge < -0.3 is 10.6 Å². The molecule has 1 rings (SSSR count). The Kier molecular flexibility index (Phi) is 5.76. The topological polar surface area (TPSA) is 58.2 Å². The van der Waals surface area contributed by atoms with Gasteiger partial charge in [-0.2, -0.15) is 26.3 Å². The molecule has 2 amide bonds. The van der Waals surface area contributed by atoms with Crippen LogP contribution in [0.4, 0.5) is 26.3 Å². The molecule has 0 atom stereocenters. The van der Waals surface area contributed by atoms with Crippen LogP contribution in [-0.2, 0) is 17.1 Å². The maximum atomic E-state index is 12.7. The highest BCUT2D eigenvalue weighted by atomic mass is 19.4. The second-order valence-corrected chi connectivity index (χ2v) is 6.28. The molecule has 0 spiro atoms. The second-order valence-electron chi connectivity index (χ2n) is 6.28. The molecule has 0 aliphatic heterocycles. The molecule has 0 unspecified atom stereocenters. The highest BCUT2D eigenvalue weighted by molar-refractivity contribution is 5.96. The van der Waals surface area contributed by atoms with Gasteiger partial charge in [0.25, 0.3) is 5.91 Å². The van der Waals surface area contributed by atoms with Crippen LogP contribution < -0.4 is 10.6 Å². The summed E-state index contributed by atoms with van der Waals surface area (Å²) in [7, 11) is 0. The average Bonchev–Trinajstić information content (AvgIpc) is 2.40. The van der Waals surface area contributed by atoms with E-state index in [0.29, 0.717) is 12.1 Å². The van der Waals surface area contributed by atoms with Crippen LogP contribution in [0.5, 0.6) is 0 Å². The molecule has 1 aromatic carbocycles. The van der Waals surface area contributed by atoms with Crippen molar-refractivity contribution in [3.8, 4) is 0 Å². The number of benzene rings is 1. The van der Waals surface area contributed by atoms with E-state index in [-0.39, 0.29) is 6.07 Å². The van der Waals surface area contributed by atoms with Crippen molar-refractivity contribution in [3.63, 3.8) is 0 Å². The number of carbonyl (C=O) groups excluding carboxylic acids is 2. The summed E-state index contributed by atoms with van der Waals surface area (Å²) in [6, 6.07) is 0.515. The first-order valence-electron chi connectivity index (χ1n) is 6.98. The fourth-order valence-electron chi connectivity index (χ4n) is 1.81. The van der Waals surface area contributed by atoms with Crippen LogP contribution in [0.25, 0.3) is 0 Å². The van der Waals surface area contributed by atoms with Gasteiger partial charge in [-0.3, -0.25) is 9.59 Å². The van der Waals surface area contributed by atoms with Crippen molar-refractivity contribution < 1.29 is 35.9 Å². The minimum absolute atomic E-state index is 0.0803. The zero-order valence-electron chi connectivity index (χ0n) is 13.5. The minimum atomic E-state index is -5.06. The number of halogens is 6. The zero-order chi connectivity index (χ0) is 19.6. The van der Waals surface area contributed by atoms with Gasteiger partial charge in [0, 0.05) is 11.1 Å². The predicted molar refractivity (Wildman–Crippen MR) is 76.7 cm³/mol. The minimum Gasteiger partial charge on any atom is -0.350 e. The van der Waals surface area contributed by atoms with Gasteiger partial charge in [0.05, 0.1) is 17.7 Å². The van der Waals surface area contributed by atoms with Crippen molar-refractivity contribution in [2.75, 3.05) is 6.54 Å². The van der Waals surface area contributed by atoms with Crippen molar-refractivity contribution >= 4 is 11.8 Å². The zero-order valence-corrected chi connectivity index (χ0v) is 13.5. The molecule has 0 fully saturated rings. The summed E-state index contributed by atoms with van der Waals surface area (Å²) in [4.78, 5) is 23.4. The van der Waals surface area contributed by atoms with E-state index in [9.17, 15) is 35.9 Å². The molecule has 0 saturated carbocycles. The van der Waals surface area contributed by atoms with Crippen LogP contribution in [0.3, 0.4) is 0 Å². The van der Waals surface area contributed by atoms with Crippen molar-refractivity contribution in [1.82, 2.24) is 10.6 Å². The summed E-state index contributed by atoms with van der Waals surface area (Å²) in [6.45, 7) is 4.40. The molecule has 0 saturated heterocycles. The number of hydrogen-bond acceptors (Lipinski definition) is 2. The van der Waals surface area contributed by atoms with Gasteiger partial charge in [0.15, 0.2) is 0 Å². The molecule has 0 aliphatic carbocycles. The van der Waals surface area contributed by atoms with Crippen molar-refractivity contribution in [3.05, 3.63) is 34.9 Å². The third-order valence-electron chi connectivity index (χ3n) is 2.77. The maximum Gasteiger partial charge on any atom is 0.416 e. The molecule has 0 heterocycles. The molecule has 2 N–H and O–H groups in total. The number of hydrogen-bond donors (Lipinski definition) is 2. The Hall–Kier alpha value is -2.26. The van der Waals surface area contributed by atoms with Crippen molar-refractivity contribution in [2.24, 2.45) is 0 Å². The second kappa shape index (κ2) is 6.93. The van der Waals surface area contributed by atoms with Crippen LogP contribution in [0.1, 0.15) is 42.3 Å². The van der Waals surface area contributed by atoms with Crippen molar-refractivity contribution in [1.29, 1.82) is 0 Å². The largest absolute Gasteiger partial charge is 0.416 e. The highest BCUT2D eigenvalue weighted by Crippen LogP contribution is 2.36. The van der Waals surface area contributed by atoms with Crippen molar-refractivity contribution in [2.45, 2.75) is 38.7 Å². The van der Waals surface area contributed by atoms with Crippen LogP contribution in [0.2, 0.25) is 0 Å². The first kappa shape index (κ1) is 20.8. The highest BCUT2D eigenvalue weighted by Gasteiger charge is 2.37. The standard InChI is InChI=1S/C15H16F6N2O2/c1-13(2,3)23-11(24)7-22-12(25)8-4-9(14(16,17)18)6-10(5-8)15(19,20)21/h4-6H,7H2,1-3H3,(H,22,25)(H,23,24). The summed E-state index contributed by atoms with van der Waals surface area (Å²) in [5.74, 6) is -1.86. The lowest BCUT2D eigenvalue weighted by Gasteiger charge is -2.20. The fraction of sp³-hybridized carbons (Fsp3) is 0.467. The third kappa shape index (κ3) is 6.63. The Morgan fingerprint density at radius 3 is 1.68 bits per heavy atom. The predicted octanol–water partition coefficient (Wildman–Crippen LogP) is 3.37. The van der Waals surface area contributed by atoms with E-state index in [0.717, 1.165) is 0 Å². The monoisotopic (exact) mass is 370 g/mol. The fourth-order valence-corrected chi connectivity index (χ4v) is 1.81. The molecule has 0 radical (unpaired) electrons. The van der Waals surface area contributed by atoms with Gasteiger partial charge in [0.1, 0.15) is 0 Å². The van der Waals surface area contributed by atoms with Crippen LogP contribution in [-0.4, -0.2) is 23.9 Å². The summed E-state index contributed by atoms with van der Waals surface area (Å²) in [5, 5.41) is 4.48. The van der Waals surface area contributed by atoms with E-state index in [1.165, 1.54) is 0 Å². The summed E-state index contributed by atoms with van der Waals surface area (Å²) >= 11 is 0. The molecular formula is C15H16F6N2O2. The molecule has 0 aromatic heterocycles. The van der Waals surface area contributed by atoms with Gasteiger partial charge in [0.2, 0.25) is 5.91 Å². The number of alkyl halides is 6. The normalized spacial score (nSPS) is 12.7. The Morgan fingerprint density at radius 1 is 0.880 bits per heavy atom. The first-order valence-corrected chi connectivity index (χ1v) is 6.98. The van der Waals surface area contributed by atoms with Gasteiger partial charge in [-0.15, -0.1) is 0 Å². The quantitative estimate of drug-likeness (QED) is 0.802. The van der Waals surface area contributed by atoms with E-state index in [1.54, 1.807) is 20.8 Å². The molecular weight excluding hydrogens is 354 g/mol. The lowest BCUT2D eigenvalue weighted by molar-refractivity contribution is -0.143. The average molecular weight is 370 g/mol. The molecule has 0 aliphatic rings. The summed E-state index contributed by atoms with van der Waals surface area (Å²) in [6.07, 6.45) is -10.1. The van der Waals surface area contributed by atoms with E-state index in [4.69, 9.17) is 0 Å². The first-order chi connectivity index (χ1) is 11.1. The van der Waals surface area contributed by atoms with Crippen LogP contribution in [0.15, 0.2) is 18.2 Å². The van der Waals surface area contributed by atoms with Gasteiger partial charge in [-0.25, -0.2) is 0 Å². The molecule has 25 heavy (non-hydrogen) atoms. The van der Waals surface area contributed by atoms with Gasteiger partial charge >= 0.3 is 12.4 Å². The maximum absolute atomic E-state index is 12.7. The molecule has 140 valence electrons.